The van der Waals surface area contributed by atoms with E-state index in [1.807, 2.05) is 23.0 Å². The molecule has 8 rings (SSSR count). The van der Waals surface area contributed by atoms with Crippen LogP contribution in [0.15, 0.2) is 53.5 Å². The Morgan fingerprint density at radius 3 is 2.48 bits per heavy atom. The lowest BCUT2D eigenvalue weighted by Gasteiger charge is -2.43. The summed E-state index contributed by atoms with van der Waals surface area (Å²) in [5, 5.41) is 18.3. The van der Waals surface area contributed by atoms with Crippen molar-refractivity contribution >= 4 is 80.1 Å². The minimum Gasteiger partial charge on any atom is -0.494 e. The van der Waals surface area contributed by atoms with E-state index in [9.17, 15) is 14.2 Å². The van der Waals surface area contributed by atoms with Gasteiger partial charge in [0, 0.05) is 101 Å². The number of carbonyl (C=O) groups excluding carboxylic acids is 2. The first-order chi connectivity index (χ1) is 29.5. The molecule has 0 saturated carbocycles. The predicted molar refractivity (Wildman–Crippen MR) is 240 cm³/mol. The molecule has 3 aliphatic rings. The first-order valence-corrected chi connectivity index (χ1v) is 24.4. The number of benzene rings is 2. The minimum atomic E-state index is -2.77. The SMILES string of the molecule is CCc1cc(Nc2ncc(Br)c(Nc3ccc4nccnc4c3P(C)(C)=O)n2)c(OC)cc1N1CCC(N2CCN(CCCn3cc(C4CCC(=O)NC4=O)nn3)CC2)CC1. The Bertz CT molecular complexity index is 2450. The Labute approximate surface area is 363 Å². The molecular weight excluding hydrogens is 861 g/mol. The highest BCUT2D eigenvalue weighted by Crippen LogP contribution is 2.42. The minimum absolute atomic E-state index is 0.223. The van der Waals surface area contributed by atoms with Gasteiger partial charge >= 0.3 is 0 Å². The van der Waals surface area contributed by atoms with Gasteiger partial charge in [-0.05, 0) is 85.1 Å². The number of halogens is 1. The highest BCUT2D eigenvalue weighted by Gasteiger charge is 2.31. The number of rotatable bonds is 14. The molecule has 0 radical (unpaired) electrons. The number of aromatic nitrogens is 7. The Balaban J connectivity index is 0.850. The normalized spacial score (nSPS) is 18.4. The molecule has 0 bridgehead atoms. The molecule has 19 heteroatoms. The van der Waals surface area contributed by atoms with E-state index in [2.05, 4.69) is 90.9 Å². The van der Waals surface area contributed by atoms with Crippen LogP contribution in [-0.2, 0) is 27.1 Å². The largest absolute Gasteiger partial charge is 0.494 e. The second-order valence-corrected chi connectivity index (χ2v) is 20.3. The van der Waals surface area contributed by atoms with Crippen LogP contribution in [-0.4, -0.2) is 129 Å². The molecule has 3 aliphatic heterocycles. The zero-order valence-corrected chi connectivity index (χ0v) is 37.6. The molecule has 1 atom stereocenters. The highest BCUT2D eigenvalue weighted by atomic mass is 79.9. The summed E-state index contributed by atoms with van der Waals surface area (Å²) in [5.41, 5.74) is 5.74. The van der Waals surface area contributed by atoms with Crippen molar-refractivity contribution in [2.24, 2.45) is 0 Å². The molecule has 3 fully saturated rings. The molecule has 17 nitrogen and oxygen atoms in total. The van der Waals surface area contributed by atoms with Crippen LogP contribution in [0.25, 0.3) is 11.0 Å². The van der Waals surface area contributed by atoms with Gasteiger partial charge < -0.3 is 29.7 Å². The van der Waals surface area contributed by atoms with Crippen molar-refractivity contribution < 1.29 is 18.9 Å². The number of aryl methyl sites for hydroxylation is 2. The zero-order chi connectivity index (χ0) is 42.7. The maximum atomic E-state index is 13.5. The van der Waals surface area contributed by atoms with Crippen LogP contribution in [0.5, 0.6) is 5.75 Å². The Hall–Kier alpha value is -5.03. The van der Waals surface area contributed by atoms with Gasteiger partial charge in [-0.25, -0.2) is 4.98 Å². The third-order valence-corrected chi connectivity index (χ3v) is 14.0. The molecule has 322 valence electrons. The summed E-state index contributed by atoms with van der Waals surface area (Å²) < 4.78 is 21.9. The molecule has 0 spiro atoms. The molecule has 3 N–H and O–H groups in total. The third-order valence-electron chi connectivity index (χ3n) is 11.9. The average molecular weight is 915 g/mol. The number of amides is 2. The van der Waals surface area contributed by atoms with Crippen LogP contribution in [0.4, 0.5) is 28.8 Å². The first-order valence-electron chi connectivity index (χ1n) is 21.0. The van der Waals surface area contributed by atoms with E-state index in [1.165, 1.54) is 11.3 Å². The molecule has 3 saturated heterocycles. The molecule has 2 amide bonds. The van der Waals surface area contributed by atoms with Crippen molar-refractivity contribution in [3.8, 4) is 5.75 Å². The van der Waals surface area contributed by atoms with Gasteiger partial charge in [-0.3, -0.25) is 34.5 Å². The van der Waals surface area contributed by atoms with Crippen molar-refractivity contribution in [3.05, 3.63) is 64.8 Å². The van der Waals surface area contributed by atoms with Crippen LogP contribution in [0.1, 0.15) is 56.2 Å². The predicted octanol–water partition coefficient (Wildman–Crippen LogP) is 5.28. The summed E-state index contributed by atoms with van der Waals surface area (Å²) in [6.07, 6.45) is 11.6. The number of piperidine rings is 2. The molecule has 6 heterocycles. The number of methoxy groups -OCH3 is 1. The zero-order valence-electron chi connectivity index (χ0n) is 35.1. The van der Waals surface area contributed by atoms with Gasteiger partial charge in [0.2, 0.25) is 17.8 Å². The topological polar surface area (TPSA) is 189 Å². The lowest BCUT2D eigenvalue weighted by molar-refractivity contribution is -0.134. The van der Waals surface area contributed by atoms with Crippen molar-refractivity contribution in [2.45, 2.75) is 64.0 Å². The molecule has 1 unspecified atom stereocenters. The maximum absolute atomic E-state index is 13.5. The first kappa shape index (κ1) is 42.7. The Morgan fingerprint density at radius 1 is 0.951 bits per heavy atom. The summed E-state index contributed by atoms with van der Waals surface area (Å²) in [4.78, 5) is 49.7. The van der Waals surface area contributed by atoms with Gasteiger partial charge in [-0.1, -0.05) is 12.1 Å². The summed E-state index contributed by atoms with van der Waals surface area (Å²) in [5.74, 6) is 0.693. The van der Waals surface area contributed by atoms with Crippen molar-refractivity contribution in [1.82, 2.24) is 50.0 Å². The van der Waals surface area contributed by atoms with Crippen LogP contribution in [0.2, 0.25) is 0 Å². The van der Waals surface area contributed by atoms with Crippen molar-refractivity contribution in [3.63, 3.8) is 0 Å². The number of ether oxygens (including phenoxy) is 1. The molecule has 3 aromatic heterocycles. The van der Waals surface area contributed by atoms with Gasteiger partial charge in [-0.15, -0.1) is 5.10 Å². The molecule has 0 aliphatic carbocycles. The van der Waals surface area contributed by atoms with Crippen LogP contribution < -0.4 is 30.9 Å². The van der Waals surface area contributed by atoms with Crippen molar-refractivity contribution in [1.29, 1.82) is 0 Å². The Morgan fingerprint density at radius 2 is 1.74 bits per heavy atom. The number of carbonyl (C=O) groups is 2. The lowest BCUT2D eigenvalue weighted by atomic mass is 9.95. The maximum Gasteiger partial charge on any atom is 0.235 e. The summed E-state index contributed by atoms with van der Waals surface area (Å²) in [7, 11) is -1.08. The fourth-order valence-electron chi connectivity index (χ4n) is 8.73. The van der Waals surface area contributed by atoms with E-state index < -0.39 is 13.1 Å². The van der Waals surface area contributed by atoms with Gasteiger partial charge in [0.1, 0.15) is 24.2 Å². The van der Waals surface area contributed by atoms with E-state index in [1.54, 1.807) is 39.0 Å². The fraction of sp³-hybridized carbons (Fsp3) is 0.476. The number of nitrogens with one attached hydrogen (secondary N) is 3. The molecule has 2 aromatic carbocycles. The van der Waals surface area contributed by atoms with Crippen LogP contribution in [0.3, 0.4) is 0 Å². The van der Waals surface area contributed by atoms with E-state index in [0.717, 1.165) is 83.7 Å². The number of imide groups is 1. The van der Waals surface area contributed by atoms with E-state index in [0.29, 0.717) is 68.6 Å². The molecule has 61 heavy (non-hydrogen) atoms. The number of fused-ring (bicyclic) bond motifs is 1. The van der Waals surface area contributed by atoms with Crippen LogP contribution in [0, 0.1) is 0 Å². The standard InChI is InChI=1S/C42H53BrN13O4P/c1-5-27-23-33(48-42-46-25-30(43)40(50-42)47-32-9-8-31-38(45-14-13-44-31)39(32)61(3,4)59)36(60-2)24-35(27)55-17-11-28(12-18-55)54-21-19-53(20-22-54)15-6-16-56-26-34(51-52-56)29-7-10-37(57)49-41(29)58/h8-9,13-14,23-26,28-29H,5-7,10-12,15-22H2,1-4H3,(H,49,57,58)(H2,46,47,48,50). The van der Waals surface area contributed by atoms with Crippen molar-refractivity contribution in [2.75, 3.05) is 81.8 Å². The third kappa shape index (κ3) is 9.72. The monoisotopic (exact) mass is 913 g/mol. The van der Waals surface area contributed by atoms with Gasteiger partial charge in [0.25, 0.3) is 0 Å². The smallest absolute Gasteiger partial charge is 0.235 e. The van der Waals surface area contributed by atoms with E-state index in [4.69, 9.17) is 9.72 Å². The molecule has 5 aromatic rings. The number of anilines is 5. The average Bonchev–Trinajstić information content (AvgIpc) is 3.73. The quantitative estimate of drug-likeness (QED) is 0.0964. The number of nitrogens with zero attached hydrogens (tertiary/aromatic N) is 10. The van der Waals surface area contributed by atoms with Gasteiger partial charge in [0.15, 0.2) is 0 Å². The Kier molecular flexibility index (Phi) is 13.0. The second kappa shape index (κ2) is 18.5. The van der Waals surface area contributed by atoms with E-state index in [-0.39, 0.29) is 11.8 Å². The molecular formula is C42H53BrN13O4P. The van der Waals surface area contributed by atoms with Gasteiger partial charge in [0.05, 0.1) is 45.4 Å². The highest BCUT2D eigenvalue weighted by molar-refractivity contribution is 9.10. The summed E-state index contributed by atoms with van der Waals surface area (Å²) in [6, 6.07) is 8.56. The number of piperazine rings is 1. The summed E-state index contributed by atoms with van der Waals surface area (Å²) >= 11 is 3.60. The second-order valence-electron chi connectivity index (χ2n) is 16.3. The fourth-order valence-corrected chi connectivity index (χ4v) is 10.4. The van der Waals surface area contributed by atoms with Crippen LogP contribution >= 0.6 is 23.1 Å². The lowest BCUT2D eigenvalue weighted by Crippen LogP contribution is -2.53. The summed E-state index contributed by atoms with van der Waals surface area (Å²) in [6.45, 7) is 13.5. The van der Waals surface area contributed by atoms with E-state index >= 15 is 0 Å². The van der Waals surface area contributed by atoms with Gasteiger partial charge in [-0.2, -0.15) is 4.98 Å². The number of hydrogen-bond donors (Lipinski definition) is 3. The number of hydrogen-bond acceptors (Lipinski definition) is 15.